The molecule has 18 heavy (non-hydrogen) atoms. The van der Waals surface area contributed by atoms with Crippen molar-refractivity contribution in [1.82, 2.24) is 5.32 Å². The maximum Gasteiger partial charge on any atom is 0.261 e. The van der Waals surface area contributed by atoms with Crippen molar-refractivity contribution in [1.29, 1.82) is 0 Å². The summed E-state index contributed by atoms with van der Waals surface area (Å²) in [6.45, 7) is 9.96. The number of hydrogen-bond acceptors (Lipinski definition) is 2. The standard InChI is InChI=1S/C15H21NO2/c1-5-10-16-15(17)12(4)18-14-9-7-6-8-13(14)11(2)3/h5-9,11-12H,1,10H2,2-4H3,(H,16,17). The third-order valence-corrected chi connectivity index (χ3v) is 2.63. The van der Waals surface area contributed by atoms with E-state index < -0.39 is 6.10 Å². The monoisotopic (exact) mass is 247 g/mol. The van der Waals surface area contributed by atoms with Crippen molar-refractivity contribution in [3.63, 3.8) is 0 Å². The second-order valence-corrected chi connectivity index (χ2v) is 4.49. The molecule has 1 amide bonds. The number of carbonyl (C=O) groups excluding carboxylic acids is 1. The van der Waals surface area contributed by atoms with Gasteiger partial charge in [-0.3, -0.25) is 4.79 Å². The minimum Gasteiger partial charge on any atom is -0.481 e. The molecule has 0 fully saturated rings. The minimum absolute atomic E-state index is 0.131. The Morgan fingerprint density at radius 1 is 1.39 bits per heavy atom. The SMILES string of the molecule is C=CCNC(=O)C(C)Oc1ccccc1C(C)C. The lowest BCUT2D eigenvalue weighted by molar-refractivity contribution is -0.127. The second kappa shape index (κ2) is 6.84. The largest absolute Gasteiger partial charge is 0.481 e. The summed E-state index contributed by atoms with van der Waals surface area (Å²) >= 11 is 0. The number of carbonyl (C=O) groups is 1. The highest BCUT2D eigenvalue weighted by Crippen LogP contribution is 2.26. The number of hydrogen-bond donors (Lipinski definition) is 1. The zero-order chi connectivity index (χ0) is 13.5. The molecule has 0 aliphatic carbocycles. The number of rotatable bonds is 6. The van der Waals surface area contributed by atoms with Crippen molar-refractivity contribution in [2.75, 3.05) is 6.54 Å². The number of amides is 1. The molecule has 0 aliphatic rings. The topological polar surface area (TPSA) is 38.3 Å². The van der Waals surface area contributed by atoms with Crippen LogP contribution in [0.3, 0.4) is 0 Å². The molecule has 1 rings (SSSR count). The average molecular weight is 247 g/mol. The second-order valence-electron chi connectivity index (χ2n) is 4.49. The van der Waals surface area contributed by atoms with E-state index in [0.29, 0.717) is 12.5 Å². The van der Waals surface area contributed by atoms with Crippen LogP contribution in [0.4, 0.5) is 0 Å². The van der Waals surface area contributed by atoms with Gasteiger partial charge in [0.1, 0.15) is 5.75 Å². The van der Waals surface area contributed by atoms with Crippen LogP contribution in [0.2, 0.25) is 0 Å². The van der Waals surface area contributed by atoms with E-state index >= 15 is 0 Å². The molecule has 3 nitrogen and oxygen atoms in total. The highest BCUT2D eigenvalue weighted by molar-refractivity contribution is 5.80. The number of ether oxygens (including phenoxy) is 1. The lowest BCUT2D eigenvalue weighted by atomic mass is 10.0. The Labute approximate surface area is 109 Å². The number of para-hydroxylation sites is 1. The van der Waals surface area contributed by atoms with Crippen molar-refractivity contribution in [2.45, 2.75) is 32.8 Å². The molecule has 1 unspecified atom stereocenters. The quantitative estimate of drug-likeness (QED) is 0.785. The van der Waals surface area contributed by atoms with E-state index in [1.54, 1.807) is 13.0 Å². The smallest absolute Gasteiger partial charge is 0.261 e. The van der Waals surface area contributed by atoms with Crippen LogP contribution in [0.25, 0.3) is 0 Å². The molecule has 98 valence electrons. The highest BCUT2D eigenvalue weighted by Gasteiger charge is 2.16. The first-order chi connectivity index (χ1) is 8.56. The third-order valence-electron chi connectivity index (χ3n) is 2.63. The van der Waals surface area contributed by atoms with E-state index in [9.17, 15) is 4.79 Å². The molecule has 0 saturated heterocycles. The molecule has 3 heteroatoms. The molecule has 0 aliphatic heterocycles. The summed E-state index contributed by atoms with van der Waals surface area (Å²) in [5, 5.41) is 2.72. The molecule has 1 N–H and O–H groups in total. The Morgan fingerprint density at radius 2 is 2.06 bits per heavy atom. The van der Waals surface area contributed by atoms with Gasteiger partial charge in [-0.2, -0.15) is 0 Å². The first-order valence-electron chi connectivity index (χ1n) is 6.20. The number of nitrogens with one attached hydrogen (secondary N) is 1. The highest BCUT2D eigenvalue weighted by atomic mass is 16.5. The van der Waals surface area contributed by atoms with Crippen LogP contribution >= 0.6 is 0 Å². The van der Waals surface area contributed by atoms with Gasteiger partial charge in [0, 0.05) is 6.54 Å². The van der Waals surface area contributed by atoms with Gasteiger partial charge in [-0.1, -0.05) is 38.1 Å². The Balaban J connectivity index is 2.72. The predicted octanol–water partition coefficient (Wildman–Crippen LogP) is 2.88. The van der Waals surface area contributed by atoms with Gasteiger partial charge in [-0.05, 0) is 24.5 Å². The summed E-state index contributed by atoms with van der Waals surface area (Å²) in [5.74, 6) is 1.01. The van der Waals surface area contributed by atoms with Gasteiger partial charge in [-0.15, -0.1) is 6.58 Å². The van der Waals surface area contributed by atoms with Crippen molar-refractivity contribution in [3.8, 4) is 5.75 Å². The molecular formula is C15H21NO2. The van der Waals surface area contributed by atoms with Gasteiger partial charge in [0.2, 0.25) is 0 Å². The van der Waals surface area contributed by atoms with Crippen LogP contribution in [-0.4, -0.2) is 18.6 Å². The molecule has 0 heterocycles. The molecule has 1 aromatic rings. The fourth-order valence-corrected chi connectivity index (χ4v) is 1.63. The van der Waals surface area contributed by atoms with E-state index in [0.717, 1.165) is 11.3 Å². The normalized spacial score (nSPS) is 12.0. The Hall–Kier alpha value is -1.77. The van der Waals surface area contributed by atoms with E-state index in [1.165, 1.54) is 0 Å². The summed E-state index contributed by atoms with van der Waals surface area (Å²) in [5.41, 5.74) is 1.11. The molecule has 0 bridgehead atoms. The van der Waals surface area contributed by atoms with E-state index in [1.807, 2.05) is 24.3 Å². The fourth-order valence-electron chi connectivity index (χ4n) is 1.63. The van der Waals surface area contributed by atoms with Crippen LogP contribution in [0.5, 0.6) is 5.75 Å². The van der Waals surface area contributed by atoms with Crippen molar-refractivity contribution in [3.05, 3.63) is 42.5 Å². The Kier molecular flexibility index (Phi) is 5.43. The minimum atomic E-state index is -0.509. The Bertz CT molecular complexity index is 413. The van der Waals surface area contributed by atoms with Crippen molar-refractivity contribution < 1.29 is 9.53 Å². The molecule has 0 aromatic heterocycles. The van der Waals surface area contributed by atoms with Crippen molar-refractivity contribution >= 4 is 5.91 Å². The predicted molar refractivity (Wildman–Crippen MR) is 73.8 cm³/mol. The van der Waals surface area contributed by atoms with Crippen molar-refractivity contribution in [2.24, 2.45) is 0 Å². The first-order valence-corrected chi connectivity index (χ1v) is 6.20. The van der Waals surface area contributed by atoms with Crippen LogP contribution in [0, 0.1) is 0 Å². The van der Waals surface area contributed by atoms with Gasteiger partial charge in [0.05, 0.1) is 0 Å². The summed E-state index contributed by atoms with van der Waals surface area (Å²) < 4.78 is 5.72. The van der Waals surface area contributed by atoms with Crippen LogP contribution in [0.1, 0.15) is 32.3 Å². The maximum absolute atomic E-state index is 11.7. The van der Waals surface area contributed by atoms with Gasteiger partial charge in [0.15, 0.2) is 6.10 Å². The van der Waals surface area contributed by atoms with Crippen LogP contribution in [-0.2, 0) is 4.79 Å². The zero-order valence-electron chi connectivity index (χ0n) is 11.3. The van der Waals surface area contributed by atoms with E-state index in [-0.39, 0.29) is 5.91 Å². The molecule has 1 aromatic carbocycles. The lowest BCUT2D eigenvalue weighted by Crippen LogP contribution is -2.36. The molecule has 1 atom stereocenters. The molecule has 0 spiro atoms. The molecule has 0 radical (unpaired) electrons. The third kappa shape index (κ3) is 3.91. The number of benzene rings is 1. The summed E-state index contributed by atoms with van der Waals surface area (Å²) in [7, 11) is 0. The van der Waals surface area contributed by atoms with E-state index in [4.69, 9.17) is 4.74 Å². The summed E-state index contributed by atoms with van der Waals surface area (Å²) in [4.78, 5) is 11.7. The van der Waals surface area contributed by atoms with E-state index in [2.05, 4.69) is 25.7 Å². The molecule has 0 saturated carbocycles. The molecular weight excluding hydrogens is 226 g/mol. The Morgan fingerprint density at radius 3 is 2.67 bits per heavy atom. The average Bonchev–Trinajstić information content (AvgIpc) is 2.36. The van der Waals surface area contributed by atoms with Gasteiger partial charge >= 0.3 is 0 Å². The van der Waals surface area contributed by atoms with Gasteiger partial charge in [-0.25, -0.2) is 0 Å². The fraction of sp³-hybridized carbons (Fsp3) is 0.400. The summed E-state index contributed by atoms with van der Waals surface area (Å²) in [6.07, 6.45) is 1.14. The summed E-state index contributed by atoms with van der Waals surface area (Å²) in [6, 6.07) is 7.81. The van der Waals surface area contributed by atoms with Crippen LogP contribution in [0.15, 0.2) is 36.9 Å². The zero-order valence-corrected chi connectivity index (χ0v) is 11.3. The first kappa shape index (κ1) is 14.3. The van der Waals surface area contributed by atoms with Crippen LogP contribution < -0.4 is 10.1 Å². The maximum atomic E-state index is 11.7. The van der Waals surface area contributed by atoms with Gasteiger partial charge < -0.3 is 10.1 Å². The van der Waals surface area contributed by atoms with Gasteiger partial charge in [0.25, 0.3) is 5.91 Å². The lowest BCUT2D eigenvalue weighted by Gasteiger charge is -2.18.